The van der Waals surface area contributed by atoms with Crippen LogP contribution in [0.1, 0.15) is 36.0 Å². The molecular weight excluding hydrogens is 412 g/mol. The number of hydrogen-bond acceptors (Lipinski definition) is 6. The topological polar surface area (TPSA) is 59.3 Å². The first-order valence-corrected chi connectivity index (χ1v) is 11.7. The molecule has 1 fully saturated rings. The molecule has 3 aromatic rings. The normalized spacial score (nSPS) is 15.7. The second-order valence-electron chi connectivity index (χ2n) is 9.41. The van der Waals surface area contributed by atoms with E-state index in [1.54, 1.807) is 4.90 Å². The van der Waals surface area contributed by atoms with Crippen molar-refractivity contribution in [2.45, 2.75) is 27.4 Å². The summed E-state index contributed by atoms with van der Waals surface area (Å²) in [5, 5.41) is 0. The zero-order chi connectivity index (χ0) is 22.0. The van der Waals surface area contributed by atoms with E-state index in [2.05, 4.69) is 43.9 Å². The van der Waals surface area contributed by atoms with Crippen molar-refractivity contribution < 1.29 is 14.3 Å². The summed E-state index contributed by atoms with van der Waals surface area (Å²) in [6.45, 7) is 12.9. The minimum Gasteiger partial charge on any atom is -0.379 e. The quantitative estimate of drug-likeness (QED) is 0.522. The Balaban J connectivity index is 1.39. The zero-order valence-corrected chi connectivity index (χ0v) is 19.7. The molecule has 1 amide bonds. The molecule has 0 radical (unpaired) electrons. The second kappa shape index (κ2) is 9.24. The fraction of sp³-hybridized carbons (Fsp3) is 0.565. The van der Waals surface area contributed by atoms with Crippen LogP contribution in [0.2, 0.25) is 0 Å². The van der Waals surface area contributed by atoms with Crippen molar-refractivity contribution in [3.05, 3.63) is 34.8 Å². The molecule has 4 rings (SSSR count). The fourth-order valence-electron chi connectivity index (χ4n) is 3.93. The molecule has 0 N–H and O–H groups in total. The van der Waals surface area contributed by atoms with Gasteiger partial charge < -0.3 is 14.4 Å². The molecule has 0 spiro atoms. The van der Waals surface area contributed by atoms with E-state index in [4.69, 9.17) is 14.5 Å². The van der Waals surface area contributed by atoms with E-state index in [-0.39, 0.29) is 11.3 Å². The lowest BCUT2D eigenvalue weighted by Gasteiger charge is -2.26. The van der Waals surface area contributed by atoms with Crippen LogP contribution < -0.4 is 0 Å². The van der Waals surface area contributed by atoms with Gasteiger partial charge in [-0.3, -0.25) is 14.1 Å². The number of carbonyl (C=O) groups is 1. The molecule has 168 valence electrons. The molecule has 8 heteroatoms. The maximum absolute atomic E-state index is 12.8. The Morgan fingerprint density at radius 1 is 1.29 bits per heavy atom. The van der Waals surface area contributed by atoms with Gasteiger partial charge in [0.2, 0.25) is 0 Å². The van der Waals surface area contributed by atoms with Gasteiger partial charge in [0, 0.05) is 39.4 Å². The number of nitrogens with zero attached hydrogens (tertiary/aromatic N) is 4. The summed E-state index contributed by atoms with van der Waals surface area (Å²) in [6.07, 6.45) is 1.91. The van der Waals surface area contributed by atoms with Gasteiger partial charge in [0.15, 0.2) is 4.96 Å². The van der Waals surface area contributed by atoms with Crippen LogP contribution >= 0.6 is 11.3 Å². The van der Waals surface area contributed by atoms with Crippen LogP contribution in [0, 0.1) is 5.41 Å². The van der Waals surface area contributed by atoms with Crippen LogP contribution in [0.15, 0.2) is 24.4 Å². The molecular formula is C23H32N4O3S. The van der Waals surface area contributed by atoms with E-state index >= 15 is 0 Å². The smallest absolute Gasteiger partial charge is 0.265 e. The third kappa shape index (κ3) is 5.44. The monoisotopic (exact) mass is 444 g/mol. The van der Waals surface area contributed by atoms with Crippen molar-refractivity contribution in [2.24, 2.45) is 5.41 Å². The molecule has 0 saturated carbocycles. The van der Waals surface area contributed by atoms with E-state index in [9.17, 15) is 4.79 Å². The van der Waals surface area contributed by atoms with Gasteiger partial charge in [-0.05, 0) is 23.1 Å². The highest BCUT2D eigenvalue weighted by Crippen LogP contribution is 2.26. The highest BCUT2D eigenvalue weighted by molar-refractivity contribution is 7.18. The SMILES string of the molecule is CN(CC(C)(C)C)C(=O)c1cn2c(nc3cc(COCCN4CCOCC4)ccc32)s1. The minimum absolute atomic E-state index is 0.0452. The number of ether oxygens (including phenoxy) is 2. The first kappa shape index (κ1) is 22.2. The molecule has 1 aliphatic rings. The number of rotatable bonds is 7. The van der Waals surface area contributed by atoms with Gasteiger partial charge in [-0.1, -0.05) is 38.2 Å². The first-order chi connectivity index (χ1) is 14.8. The second-order valence-corrected chi connectivity index (χ2v) is 10.4. The summed E-state index contributed by atoms with van der Waals surface area (Å²) in [4.78, 5) is 23.3. The number of carbonyl (C=O) groups excluding carboxylic acids is 1. The van der Waals surface area contributed by atoms with Gasteiger partial charge in [-0.15, -0.1) is 0 Å². The van der Waals surface area contributed by atoms with Crippen molar-refractivity contribution in [2.75, 3.05) is 53.0 Å². The van der Waals surface area contributed by atoms with E-state index in [0.29, 0.717) is 24.6 Å². The lowest BCUT2D eigenvalue weighted by Crippen LogP contribution is -2.38. The molecule has 1 saturated heterocycles. The van der Waals surface area contributed by atoms with Crippen molar-refractivity contribution >= 4 is 33.2 Å². The Hall–Kier alpha value is -2.00. The first-order valence-electron chi connectivity index (χ1n) is 10.8. The Morgan fingerprint density at radius 3 is 2.81 bits per heavy atom. The van der Waals surface area contributed by atoms with Crippen molar-refractivity contribution in [1.29, 1.82) is 0 Å². The number of thiazole rings is 1. The predicted octanol–water partition coefficient (Wildman–Crippen LogP) is 3.52. The van der Waals surface area contributed by atoms with E-state index in [1.165, 1.54) is 11.3 Å². The average molecular weight is 445 g/mol. The maximum Gasteiger partial charge on any atom is 0.265 e. The fourth-order valence-corrected chi connectivity index (χ4v) is 4.92. The van der Waals surface area contributed by atoms with Crippen LogP contribution in [0.5, 0.6) is 0 Å². The Labute approximate surface area is 187 Å². The lowest BCUT2D eigenvalue weighted by molar-refractivity contribution is 0.0180. The number of morpholine rings is 1. The van der Waals surface area contributed by atoms with E-state index < -0.39 is 0 Å². The number of aromatic nitrogens is 2. The lowest BCUT2D eigenvalue weighted by atomic mass is 9.96. The molecule has 2 aromatic heterocycles. The summed E-state index contributed by atoms with van der Waals surface area (Å²) in [6, 6.07) is 6.23. The Morgan fingerprint density at radius 2 is 2.06 bits per heavy atom. The average Bonchev–Trinajstić information content (AvgIpc) is 3.27. The molecule has 0 aliphatic carbocycles. The van der Waals surface area contributed by atoms with Crippen LogP contribution in [0.3, 0.4) is 0 Å². The van der Waals surface area contributed by atoms with Crippen LogP contribution in [0.4, 0.5) is 0 Å². The van der Waals surface area contributed by atoms with Crippen LogP contribution in [-0.2, 0) is 16.1 Å². The Kier molecular flexibility index (Phi) is 6.62. The standard InChI is InChI=1S/C23H32N4O3S/c1-23(2,3)16-25(4)21(28)20-14-27-19-6-5-17(13-18(19)24-22(27)31-20)15-30-12-9-26-7-10-29-11-8-26/h5-6,13-14H,7-12,15-16H2,1-4H3. The molecule has 1 aliphatic heterocycles. The van der Waals surface area contributed by atoms with Gasteiger partial charge in [0.25, 0.3) is 5.91 Å². The molecule has 0 atom stereocenters. The van der Waals surface area contributed by atoms with Crippen molar-refractivity contribution in [1.82, 2.24) is 19.2 Å². The number of imidazole rings is 1. The maximum atomic E-state index is 12.8. The molecule has 3 heterocycles. The van der Waals surface area contributed by atoms with Gasteiger partial charge in [0.05, 0.1) is 37.5 Å². The molecule has 31 heavy (non-hydrogen) atoms. The minimum atomic E-state index is 0.0452. The summed E-state index contributed by atoms with van der Waals surface area (Å²) < 4.78 is 13.3. The number of amides is 1. The summed E-state index contributed by atoms with van der Waals surface area (Å²) >= 11 is 1.44. The third-order valence-electron chi connectivity index (χ3n) is 5.36. The number of fused-ring (bicyclic) bond motifs is 3. The predicted molar refractivity (Wildman–Crippen MR) is 124 cm³/mol. The third-order valence-corrected chi connectivity index (χ3v) is 6.33. The molecule has 0 unspecified atom stereocenters. The number of benzene rings is 1. The molecule has 7 nitrogen and oxygen atoms in total. The van der Waals surface area contributed by atoms with E-state index in [1.807, 2.05) is 17.6 Å². The summed E-state index contributed by atoms with van der Waals surface area (Å²) in [5.41, 5.74) is 3.12. The van der Waals surface area contributed by atoms with Gasteiger partial charge in [-0.2, -0.15) is 0 Å². The van der Waals surface area contributed by atoms with Gasteiger partial charge >= 0.3 is 0 Å². The Bertz CT molecular complexity index is 1050. The van der Waals surface area contributed by atoms with E-state index in [0.717, 1.165) is 54.4 Å². The van der Waals surface area contributed by atoms with Crippen molar-refractivity contribution in [3.63, 3.8) is 0 Å². The summed E-state index contributed by atoms with van der Waals surface area (Å²) in [5.74, 6) is 0.0452. The van der Waals surface area contributed by atoms with Gasteiger partial charge in [0.1, 0.15) is 4.88 Å². The molecule has 1 aromatic carbocycles. The highest BCUT2D eigenvalue weighted by Gasteiger charge is 2.21. The van der Waals surface area contributed by atoms with Gasteiger partial charge in [-0.25, -0.2) is 4.98 Å². The summed E-state index contributed by atoms with van der Waals surface area (Å²) in [7, 11) is 1.86. The zero-order valence-electron chi connectivity index (χ0n) is 18.9. The van der Waals surface area contributed by atoms with Crippen LogP contribution in [-0.4, -0.2) is 78.1 Å². The number of hydrogen-bond donors (Lipinski definition) is 0. The largest absolute Gasteiger partial charge is 0.379 e. The molecule has 0 bridgehead atoms. The van der Waals surface area contributed by atoms with Crippen molar-refractivity contribution in [3.8, 4) is 0 Å². The van der Waals surface area contributed by atoms with Crippen LogP contribution in [0.25, 0.3) is 16.0 Å². The highest BCUT2D eigenvalue weighted by atomic mass is 32.1.